The number of aromatic amines is 1. The zero-order valence-corrected chi connectivity index (χ0v) is 21.0. The Kier molecular flexibility index (Phi) is 9.02. The van der Waals surface area contributed by atoms with E-state index in [0.29, 0.717) is 18.6 Å². The van der Waals surface area contributed by atoms with Crippen LogP contribution in [0.1, 0.15) is 22.3 Å². The van der Waals surface area contributed by atoms with E-state index in [4.69, 9.17) is 10.2 Å². The second-order valence-corrected chi connectivity index (χ2v) is 9.22. The molecule has 4 aromatic rings. The number of fused-ring (bicyclic) bond motifs is 3. The molecule has 0 amide bonds. The van der Waals surface area contributed by atoms with E-state index in [9.17, 15) is 14.4 Å². The first-order valence-electron chi connectivity index (χ1n) is 12.6. The smallest absolute Gasteiger partial charge is 0.328 e. The highest BCUT2D eigenvalue weighted by Gasteiger charge is 2.18. The van der Waals surface area contributed by atoms with Crippen LogP contribution in [0, 0.1) is 0 Å². The number of benzene rings is 3. The molecule has 8 nitrogen and oxygen atoms in total. The molecule has 3 N–H and O–H groups in total. The van der Waals surface area contributed by atoms with Crippen LogP contribution in [0.25, 0.3) is 21.8 Å². The summed E-state index contributed by atoms with van der Waals surface area (Å²) in [6.07, 6.45) is 1.69. The van der Waals surface area contributed by atoms with Crippen molar-refractivity contribution in [3.63, 3.8) is 0 Å². The van der Waals surface area contributed by atoms with Gasteiger partial charge in [-0.3, -0.25) is 9.69 Å². The van der Waals surface area contributed by atoms with Gasteiger partial charge in [0.05, 0.1) is 0 Å². The Balaban J connectivity index is 0.000000368. The molecule has 0 bridgehead atoms. The number of carboxylic acids is 2. The van der Waals surface area contributed by atoms with Crippen molar-refractivity contribution in [2.45, 2.75) is 13.0 Å². The van der Waals surface area contributed by atoms with Gasteiger partial charge in [-0.2, -0.15) is 0 Å². The van der Waals surface area contributed by atoms with E-state index < -0.39 is 11.9 Å². The Hall–Kier alpha value is -4.27. The van der Waals surface area contributed by atoms with E-state index in [1.807, 2.05) is 30.3 Å². The van der Waals surface area contributed by atoms with Gasteiger partial charge >= 0.3 is 11.9 Å². The summed E-state index contributed by atoms with van der Waals surface area (Å²) in [6.45, 7) is 6.03. The fourth-order valence-corrected chi connectivity index (χ4v) is 4.58. The summed E-state index contributed by atoms with van der Waals surface area (Å²) in [5.74, 6) is -2.28. The minimum absolute atomic E-state index is 0.230. The summed E-state index contributed by atoms with van der Waals surface area (Å²) in [7, 11) is 0. The van der Waals surface area contributed by atoms with Crippen LogP contribution in [0.5, 0.6) is 0 Å². The van der Waals surface area contributed by atoms with Crippen LogP contribution >= 0.6 is 0 Å². The zero-order valence-electron chi connectivity index (χ0n) is 21.0. The maximum absolute atomic E-state index is 12.8. The summed E-state index contributed by atoms with van der Waals surface area (Å²) in [5.41, 5.74) is 4.39. The second kappa shape index (κ2) is 12.8. The number of piperazine rings is 1. The SMILES string of the molecule is O=C(CCN1CCN(Cc2ccccc2)CC1)c1ccc2[nH]c3ccccc3c2c1.O=C(O)/C=C/C(=O)O. The van der Waals surface area contributed by atoms with Gasteiger partial charge < -0.3 is 20.1 Å². The number of hydrogen-bond donors (Lipinski definition) is 3. The average Bonchev–Trinajstić information content (AvgIpc) is 3.30. The molecule has 1 aliphatic heterocycles. The van der Waals surface area contributed by atoms with E-state index >= 15 is 0 Å². The van der Waals surface area contributed by atoms with Gasteiger partial charge in [-0.05, 0) is 29.8 Å². The number of carbonyl (C=O) groups excluding carboxylic acids is 1. The Morgan fingerprint density at radius 1 is 0.737 bits per heavy atom. The number of aromatic nitrogens is 1. The van der Waals surface area contributed by atoms with Crippen LogP contribution in [0.3, 0.4) is 0 Å². The van der Waals surface area contributed by atoms with Crippen molar-refractivity contribution in [2.75, 3.05) is 32.7 Å². The number of carboxylic acid groups (broad SMARTS) is 2. The highest BCUT2D eigenvalue weighted by atomic mass is 16.4. The van der Waals surface area contributed by atoms with Crippen LogP contribution < -0.4 is 0 Å². The lowest BCUT2D eigenvalue weighted by atomic mass is 10.0. The molecular weight excluding hydrogens is 482 g/mol. The highest BCUT2D eigenvalue weighted by molar-refractivity contribution is 6.10. The Bertz CT molecular complexity index is 1420. The standard InChI is InChI=1S/C26H27N3O.C4H4O4/c30-26(21-10-11-25-23(18-21)22-8-4-5-9-24(22)27-25)12-13-28-14-16-29(17-15-28)19-20-6-2-1-3-7-20;5-3(6)1-2-4(7)8/h1-11,18,27H,12-17,19H2;1-2H,(H,5,6)(H,7,8)/b;2-1+. The number of nitrogens with zero attached hydrogens (tertiary/aromatic N) is 2. The number of para-hydroxylation sites is 1. The van der Waals surface area contributed by atoms with Gasteiger partial charge in [0.1, 0.15) is 0 Å². The van der Waals surface area contributed by atoms with E-state index in [0.717, 1.165) is 61.3 Å². The third kappa shape index (κ3) is 7.38. The molecule has 0 saturated carbocycles. The highest BCUT2D eigenvalue weighted by Crippen LogP contribution is 2.26. The fourth-order valence-electron chi connectivity index (χ4n) is 4.58. The van der Waals surface area contributed by atoms with Crippen molar-refractivity contribution in [3.05, 3.63) is 96.1 Å². The number of aliphatic carboxylic acids is 2. The molecule has 1 fully saturated rings. The first-order chi connectivity index (χ1) is 18.4. The Morgan fingerprint density at radius 2 is 1.34 bits per heavy atom. The summed E-state index contributed by atoms with van der Waals surface area (Å²) in [4.78, 5) is 40.3. The number of hydrogen-bond acceptors (Lipinski definition) is 5. The summed E-state index contributed by atoms with van der Waals surface area (Å²) < 4.78 is 0. The largest absolute Gasteiger partial charge is 0.478 e. The van der Waals surface area contributed by atoms with E-state index in [2.05, 4.69) is 57.2 Å². The number of rotatable bonds is 8. The quantitative estimate of drug-likeness (QED) is 0.236. The molecule has 196 valence electrons. The molecule has 3 aromatic carbocycles. The molecule has 0 aliphatic carbocycles. The lowest BCUT2D eigenvalue weighted by Crippen LogP contribution is -2.46. The number of carbonyl (C=O) groups is 3. The zero-order chi connectivity index (χ0) is 26.9. The van der Waals surface area contributed by atoms with Gasteiger partial charge in [0, 0.05) is 85.2 Å². The van der Waals surface area contributed by atoms with Crippen LogP contribution in [-0.4, -0.2) is 75.4 Å². The summed E-state index contributed by atoms with van der Waals surface area (Å²) in [6, 6.07) is 24.9. The van der Waals surface area contributed by atoms with Gasteiger partial charge in [-0.25, -0.2) is 9.59 Å². The van der Waals surface area contributed by atoms with Crippen molar-refractivity contribution in [3.8, 4) is 0 Å². The maximum Gasteiger partial charge on any atom is 0.328 e. The molecule has 2 heterocycles. The molecule has 0 radical (unpaired) electrons. The average molecular weight is 514 g/mol. The van der Waals surface area contributed by atoms with Crippen molar-refractivity contribution in [2.24, 2.45) is 0 Å². The first kappa shape index (κ1) is 26.8. The third-order valence-electron chi connectivity index (χ3n) is 6.57. The number of ketones is 1. The Morgan fingerprint density at radius 3 is 2.03 bits per heavy atom. The van der Waals surface area contributed by atoms with Crippen LogP contribution in [0.2, 0.25) is 0 Å². The van der Waals surface area contributed by atoms with Crippen LogP contribution in [0.4, 0.5) is 0 Å². The normalized spacial score (nSPS) is 14.4. The third-order valence-corrected chi connectivity index (χ3v) is 6.57. The monoisotopic (exact) mass is 513 g/mol. The molecule has 38 heavy (non-hydrogen) atoms. The molecule has 1 aromatic heterocycles. The molecule has 1 aliphatic rings. The molecule has 5 rings (SSSR count). The summed E-state index contributed by atoms with van der Waals surface area (Å²) in [5, 5.41) is 17.9. The van der Waals surface area contributed by atoms with E-state index in [1.54, 1.807) is 0 Å². The second-order valence-electron chi connectivity index (χ2n) is 9.22. The minimum Gasteiger partial charge on any atom is -0.478 e. The van der Waals surface area contributed by atoms with E-state index in [1.165, 1.54) is 10.9 Å². The van der Waals surface area contributed by atoms with E-state index in [-0.39, 0.29) is 5.78 Å². The van der Waals surface area contributed by atoms with Gasteiger partial charge in [0.15, 0.2) is 5.78 Å². The van der Waals surface area contributed by atoms with Crippen LogP contribution in [-0.2, 0) is 16.1 Å². The molecule has 1 saturated heterocycles. The van der Waals surface area contributed by atoms with Crippen molar-refractivity contribution >= 4 is 39.5 Å². The molecule has 0 spiro atoms. The lowest BCUT2D eigenvalue weighted by Gasteiger charge is -2.34. The van der Waals surface area contributed by atoms with Crippen molar-refractivity contribution in [1.82, 2.24) is 14.8 Å². The molecule has 0 atom stereocenters. The molecule has 0 unspecified atom stereocenters. The number of Topliss-reactive ketones (excluding diaryl/α,β-unsaturated/α-hetero) is 1. The molecule has 8 heteroatoms. The predicted molar refractivity (Wildman–Crippen MR) is 147 cm³/mol. The summed E-state index contributed by atoms with van der Waals surface area (Å²) >= 11 is 0. The lowest BCUT2D eigenvalue weighted by molar-refractivity contribution is -0.134. The van der Waals surface area contributed by atoms with Gasteiger partial charge in [-0.15, -0.1) is 0 Å². The van der Waals surface area contributed by atoms with Gasteiger partial charge in [0.2, 0.25) is 0 Å². The topological polar surface area (TPSA) is 114 Å². The van der Waals surface area contributed by atoms with Gasteiger partial charge in [-0.1, -0.05) is 48.5 Å². The van der Waals surface area contributed by atoms with Gasteiger partial charge in [0.25, 0.3) is 0 Å². The van der Waals surface area contributed by atoms with Crippen molar-refractivity contribution < 1.29 is 24.6 Å². The Labute approximate surface area is 220 Å². The molecular formula is C30H31N3O5. The number of nitrogens with one attached hydrogen (secondary N) is 1. The van der Waals surface area contributed by atoms with Crippen LogP contribution in [0.15, 0.2) is 84.9 Å². The fraction of sp³-hybridized carbons (Fsp3) is 0.233. The number of H-pyrrole nitrogens is 1. The van der Waals surface area contributed by atoms with Crippen molar-refractivity contribution in [1.29, 1.82) is 0 Å². The maximum atomic E-state index is 12.8. The minimum atomic E-state index is -1.26. The first-order valence-corrected chi connectivity index (χ1v) is 12.6. The predicted octanol–water partition coefficient (Wildman–Crippen LogP) is 4.42.